The summed E-state index contributed by atoms with van der Waals surface area (Å²) in [7, 11) is 0. The van der Waals surface area contributed by atoms with E-state index in [4.69, 9.17) is 4.74 Å². The van der Waals surface area contributed by atoms with Crippen LogP contribution in [0, 0.1) is 5.41 Å². The van der Waals surface area contributed by atoms with Crippen molar-refractivity contribution in [2.75, 3.05) is 13.1 Å². The van der Waals surface area contributed by atoms with Crippen molar-refractivity contribution in [3.05, 3.63) is 34.5 Å². The molecule has 0 bridgehead atoms. The molecule has 19 heavy (non-hydrogen) atoms. The molecule has 0 spiro atoms. The SMILES string of the molecule is CC(C)(C)C(=O)O[C@H]1C=CCN(Cc2cccs2)C1. The number of hydrogen-bond acceptors (Lipinski definition) is 4. The van der Waals surface area contributed by atoms with E-state index in [1.807, 2.05) is 26.8 Å². The van der Waals surface area contributed by atoms with Crippen LogP contribution in [0.2, 0.25) is 0 Å². The third kappa shape index (κ3) is 4.18. The Balaban J connectivity index is 1.89. The molecule has 0 aromatic carbocycles. The van der Waals surface area contributed by atoms with E-state index >= 15 is 0 Å². The van der Waals surface area contributed by atoms with Gasteiger partial charge in [0.2, 0.25) is 0 Å². The van der Waals surface area contributed by atoms with Gasteiger partial charge in [0.15, 0.2) is 0 Å². The number of carbonyl (C=O) groups is 1. The number of esters is 1. The van der Waals surface area contributed by atoms with Crippen LogP contribution in [-0.4, -0.2) is 30.1 Å². The van der Waals surface area contributed by atoms with Crippen molar-refractivity contribution < 1.29 is 9.53 Å². The molecule has 104 valence electrons. The molecule has 4 heteroatoms. The predicted molar refractivity (Wildman–Crippen MR) is 78.1 cm³/mol. The number of carbonyl (C=O) groups excluding carboxylic acids is 1. The molecule has 0 fully saturated rings. The van der Waals surface area contributed by atoms with Crippen molar-refractivity contribution in [2.24, 2.45) is 5.41 Å². The fourth-order valence-corrected chi connectivity index (χ4v) is 2.64. The zero-order chi connectivity index (χ0) is 13.9. The molecule has 0 unspecified atom stereocenters. The van der Waals surface area contributed by atoms with Gasteiger partial charge in [0.1, 0.15) is 6.10 Å². The number of rotatable bonds is 3. The van der Waals surface area contributed by atoms with Crippen molar-refractivity contribution >= 4 is 17.3 Å². The molecule has 0 aliphatic carbocycles. The lowest BCUT2D eigenvalue weighted by atomic mass is 9.97. The zero-order valence-electron chi connectivity index (χ0n) is 11.8. The van der Waals surface area contributed by atoms with Crippen LogP contribution < -0.4 is 0 Å². The molecule has 0 saturated carbocycles. The highest BCUT2D eigenvalue weighted by Crippen LogP contribution is 2.19. The van der Waals surface area contributed by atoms with E-state index < -0.39 is 5.41 Å². The Morgan fingerprint density at radius 3 is 2.95 bits per heavy atom. The summed E-state index contributed by atoms with van der Waals surface area (Å²) in [5, 5.41) is 2.09. The first kappa shape index (κ1) is 14.3. The average Bonchev–Trinajstić information content (AvgIpc) is 2.81. The Hall–Kier alpha value is -1.13. The minimum absolute atomic E-state index is 0.125. The first-order valence-electron chi connectivity index (χ1n) is 6.57. The van der Waals surface area contributed by atoms with Gasteiger partial charge < -0.3 is 4.74 Å². The third-order valence-corrected chi connectivity index (χ3v) is 3.84. The monoisotopic (exact) mass is 279 g/mol. The standard InChI is InChI=1S/C15H21NO2S/c1-15(2,3)14(17)18-12-6-4-8-16(10-12)11-13-7-5-9-19-13/h4-7,9,12H,8,10-11H2,1-3H3/t12-/m0/s1. The second-order valence-corrected chi connectivity index (χ2v) is 6.93. The van der Waals surface area contributed by atoms with Crippen molar-refractivity contribution in [1.82, 2.24) is 4.90 Å². The van der Waals surface area contributed by atoms with Crippen LogP contribution in [0.3, 0.4) is 0 Å². The van der Waals surface area contributed by atoms with Crippen molar-refractivity contribution in [3.63, 3.8) is 0 Å². The van der Waals surface area contributed by atoms with Crippen LogP contribution >= 0.6 is 11.3 Å². The highest BCUT2D eigenvalue weighted by Gasteiger charge is 2.27. The van der Waals surface area contributed by atoms with E-state index in [0.717, 1.165) is 19.6 Å². The summed E-state index contributed by atoms with van der Waals surface area (Å²) in [6, 6.07) is 4.20. The van der Waals surface area contributed by atoms with Crippen LogP contribution in [0.4, 0.5) is 0 Å². The summed E-state index contributed by atoms with van der Waals surface area (Å²) in [4.78, 5) is 15.5. The fraction of sp³-hybridized carbons (Fsp3) is 0.533. The Morgan fingerprint density at radius 2 is 2.32 bits per heavy atom. The minimum atomic E-state index is -0.441. The first-order valence-corrected chi connectivity index (χ1v) is 7.45. The fourth-order valence-electron chi connectivity index (χ4n) is 1.89. The van der Waals surface area contributed by atoms with E-state index in [1.165, 1.54) is 4.88 Å². The lowest BCUT2D eigenvalue weighted by molar-refractivity contribution is -0.157. The molecule has 0 amide bonds. The van der Waals surface area contributed by atoms with Gasteiger partial charge in [-0.3, -0.25) is 9.69 Å². The molecule has 2 heterocycles. The largest absolute Gasteiger partial charge is 0.456 e. The summed E-state index contributed by atoms with van der Waals surface area (Å²) in [5.41, 5.74) is -0.441. The van der Waals surface area contributed by atoms with Gasteiger partial charge >= 0.3 is 5.97 Å². The molecule has 1 atom stereocenters. The lowest BCUT2D eigenvalue weighted by Crippen LogP contribution is -2.39. The maximum absolute atomic E-state index is 11.9. The molecule has 3 nitrogen and oxygen atoms in total. The summed E-state index contributed by atoms with van der Waals surface area (Å²) < 4.78 is 5.54. The Labute approximate surface area is 118 Å². The Kier molecular flexibility index (Phi) is 4.42. The van der Waals surface area contributed by atoms with Gasteiger partial charge in [-0.05, 0) is 38.3 Å². The second kappa shape index (κ2) is 5.88. The van der Waals surface area contributed by atoms with Crippen LogP contribution in [0.25, 0.3) is 0 Å². The van der Waals surface area contributed by atoms with E-state index in [9.17, 15) is 4.79 Å². The summed E-state index contributed by atoms with van der Waals surface area (Å²) in [5.74, 6) is -0.139. The Bertz CT molecular complexity index is 445. The number of ether oxygens (including phenoxy) is 1. The normalized spacial score (nSPS) is 20.5. The van der Waals surface area contributed by atoms with Crippen LogP contribution in [-0.2, 0) is 16.1 Å². The molecule has 1 aromatic heterocycles. The lowest BCUT2D eigenvalue weighted by Gasteiger charge is -2.29. The number of thiophene rings is 1. The van der Waals surface area contributed by atoms with Gasteiger partial charge in [-0.1, -0.05) is 12.1 Å². The number of hydrogen-bond donors (Lipinski definition) is 0. The third-order valence-electron chi connectivity index (χ3n) is 2.98. The van der Waals surface area contributed by atoms with Gasteiger partial charge in [-0.2, -0.15) is 0 Å². The van der Waals surface area contributed by atoms with E-state index in [-0.39, 0.29) is 12.1 Å². The zero-order valence-corrected chi connectivity index (χ0v) is 12.6. The molecule has 2 rings (SSSR count). The van der Waals surface area contributed by atoms with Gasteiger partial charge in [0.25, 0.3) is 0 Å². The highest BCUT2D eigenvalue weighted by atomic mass is 32.1. The van der Waals surface area contributed by atoms with Crippen molar-refractivity contribution in [2.45, 2.75) is 33.4 Å². The van der Waals surface area contributed by atoms with Crippen molar-refractivity contribution in [1.29, 1.82) is 0 Å². The van der Waals surface area contributed by atoms with E-state index in [2.05, 4.69) is 28.5 Å². The average molecular weight is 279 g/mol. The van der Waals surface area contributed by atoms with E-state index in [1.54, 1.807) is 11.3 Å². The van der Waals surface area contributed by atoms with Crippen LogP contribution in [0.1, 0.15) is 25.6 Å². The molecule has 0 N–H and O–H groups in total. The predicted octanol–water partition coefficient (Wildman–Crippen LogP) is 3.08. The summed E-state index contributed by atoms with van der Waals surface area (Å²) in [6.07, 6.45) is 3.95. The molecular formula is C15H21NO2S. The van der Waals surface area contributed by atoms with Crippen molar-refractivity contribution in [3.8, 4) is 0 Å². The van der Waals surface area contributed by atoms with Gasteiger partial charge in [0.05, 0.1) is 5.41 Å². The molecule has 1 aromatic rings. The van der Waals surface area contributed by atoms with Gasteiger partial charge in [-0.15, -0.1) is 11.3 Å². The van der Waals surface area contributed by atoms with Gasteiger partial charge in [-0.25, -0.2) is 0 Å². The summed E-state index contributed by atoms with van der Waals surface area (Å²) >= 11 is 1.76. The topological polar surface area (TPSA) is 29.5 Å². The minimum Gasteiger partial charge on any atom is -0.456 e. The second-order valence-electron chi connectivity index (χ2n) is 5.90. The maximum atomic E-state index is 11.9. The quantitative estimate of drug-likeness (QED) is 0.629. The first-order chi connectivity index (χ1) is 8.95. The Morgan fingerprint density at radius 1 is 1.53 bits per heavy atom. The molecule has 0 saturated heterocycles. The summed E-state index contributed by atoms with van der Waals surface area (Å²) in [6.45, 7) is 8.26. The number of nitrogens with zero attached hydrogens (tertiary/aromatic N) is 1. The van der Waals surface area contributed by atoms with Crippen LogP contribution in [0.5, 0.6) is 0 Å². The smallest absolute Gasteiger partial charge is 0.311 e. The molecule has 1 aliphatic heterocycles. The van der Waals surface area contributed by atoms with E-state index in [0.29, 0.717) is 0 Å². The molecule has 1 aliphatic rings. The maximum Gasteiger partial charge on any atom is 0.311 e. The van der Waals surface area contributed by atoms with Gasteiger partial charge in [0, 0.05) is 24.5 Å². The molecule has 0 radical (unpaired) electrons. The molecular weight excluding hydrogens is 258 g/mol. The highest BCUT2D eigenvalue weighted by molar-refractivity contribution is 7.09. The van der Waals surface area contributed by atoms with Crippen LogP contribution in [0.15, 0.2) is 29.7 Å².